The van der Waals surface area contributed by atoms with Crippen LogP contribution in [0.15, 0.2) is 164 Å². The van der Waals surface area contributed by atoms with Crippen LogP contribution in [0.3, 0.4) is 0 Å². The van der Waals surface area contributed by atoms with Gasteiger partial charge in [0, 0.05) is 0 Å². The Morgan fingerprint density at radius 1 is 0.520 bits per heavy atom. The minimum Gasteiger partial charge on any atom is -0.414 e. The molecule has 5 aromatic carbocycles. The molecule has 1 heterocycles. The standard InChI is InChI=1S/C41H41O8P/c1-2-28-43-40-38(45-30-33-20-10-4-11-21-33)37(44-29-32-18-8-3-9-19-32)39(46-31-34-22-12-5-13-23-34)41(47-40)50(42,48-35-24-14-6-15-25-35)49-36-26-16-7-17-27-36/h2-27,37-41H,1,28-31H2/t37-,38-,39+,40+,41+/m1/s1. The Balaban J connectivity index is 1.43. The van der Waals surface area contributed by atoms with Crippen LogP contribution >= 0.6 is 7.60 Å². The van der Waals surface area contributed by atoms with Crippen LogP contribution in [0.25, 0.3) is 0 Å². The van der Waals surface area contributed by atoms with Gasteiger partial charge in [0.25, 0.3) is 0 Å². The number of rotatable bonds is 17. The molecule has 1 saturated heterocycles. The van der Waals surface area contributed by atoms with Crippen molar-refractivity contribution in [2.45, 2.75) is 50.3 Å². The zero-order valence-electron chi connectivity index (χ0n) is 27.6. The van der Waals surface area contributed by atoms with E-state index in [1.807, 2.05) is 103 Å². The van der Waals surface area contributed by atoms with Gasteiger partial charge in [-0.05, 0) is 41.0 Å². The molecule has 0 unspecified atom stereocenters. The Kier molecular flexibility index (Phi) is 12.7. The fraction of sp³-hybridized carbons (Fsp3) is 0.220. The van der Waals surface area contributed by atoms with Crippen LogP contribution in [0, 0.1) is 0 Å². The zero-order chi connectivity index (χ0) is 34.4. The fourth-order valence-corrected chi connectivity index (χ4v) is 7.53. The molecule has 1 aliphatic rings. The van der Waals surface area contributed by atoms with Crippen LogP contribution in [0.4, 0.5) is 0 Å². The van der Waals surface area contributed by atoms with Crippen molar-refractivity contribution in [1.82, 2.24) is 0 Å². The van der Waals surface area contributed by atoms with Gasteiger partial charge in [-0.25, -0.2) is 4.57 Å². The second-order valence-corrected chi connectivity index (χ2v) is 13.6. The average molecular weight is 693 g/mol. The topological polar surface area (TPSA) is 81.7 Å². The predicted molar refractivity (Wildman–Crippen MR) is 192 cm³/mol. The summed E-state index contributed by atoms with van der Waals surface area (Å²) in [4.78, 5) is 0. The molecule has 0 aromatic heterocycles. The van der Waals surface area contributed by atoms with Gasteiger partial charge in [0.2, 0.25) is 5.85 Å². The van der Waals surface area contributed by atoms with E-state index >= 15 is 4.57 Å². The van der Waals surface area contributed by atoms with E-state index in [0.29, 0.717) is 11.5 Å². The molecule has 0 N–H and O–H groups in total. The van der Waals surface area contributed by atoms with Gasteiger partial charge >= 0.3 is 7.60 Å². The summed E-state index contributed by atoms with van der Waals surface area (Å²) in [5.41, 5.74) is 2.79. The first-order valence-corrected chi connectivity index (χ1v) is 18.2. The molecule has 5 atom stereocenters. The van der Waals surface area contributed by atoms with E-state index in [4.69, 9.17) is 32.7 Å². The van der Waals surface area contributed by atoms with E-state index in [-0.39, 0.29) is 26.4 Å². The van der Waals surface area contributed by atoms with Crippen molar-refractivity contribution >= 4 is 7.60 Å². The molecule has 0 saturated carbocycles. The van der Waals surface area contributed by atoms with Crippen molar-refractivity contribution < 1.29 is 37.3 Å². The molecule has 0 amide bonds. The highest BCUT2D eigenvalue weighted by Crippen LogP contribution is 2.57. The van der Waals surface area contributed by atoms with Gasteiger partial charge in [-0.2, -0.15) is 0 Å². The van der Waals surface area contributed by atoms with Gasteiger partial charge in [-0.15, -0.1) is 6.58 Å². The zero-order valence-corrected chi connectivity index (χ0v) is 28.5. The van der Waals surface area contributed by atoms with Gasteiger partial charge < -0.3 is 32.7 Å². The van der Waals surface area contributed by atoms with Crippen molar-refractivity contribution in [1.29, 1.82) is 0 Å². The van der Waals surface area contributed by atoms with E-state index in [0.717, 1.165) is 16.7 Å². The fourth-order valence-electron chi connectivity index (χ4n) is 5.57. The van der Waals surface area contributed by atoms with Crippen LogP contribution in [0.5, 0.6) is 11.5 Å². The van der Waals surface area contributed by atoms with Gasteiger partial charge in [0.15, 0.2) is 6.29 Å². The Morgan fingerprint density at radius 2 is 0.900 bits per heavy atom. The Morgan fingerprint density at radius 3 is 1.32 bits per heavy atom. The molecule has 9 heteroatoms. The van der Waals surface area contributed by atoms with Crippen molar-refractivity contribution in [2.75, 3.05) is 6.61 Å². The summed E-state index contributed by atoms with van der Waals surface area (Å²) >= 11 is 0. The van der Waals surface area contributed by atoms with Crippen LogP contribution in [0.2, 0.25) is 0 Å². The third-order valence-electron chi connectivity index (χ3n) is 7.97. The molecule has 8 nitrogen and oxygen atoms in total. The van der Waals surface area contributed by atoms with Gasteiger partial charge in [-0.3, -0.25) is 0 Å². The molecule has 5 aromatic rings. The molecule has 258 valence electrons. The molecular weight excluding hydrogens is 651 g/mol. The SMILES string of the molecule is C=CCO[C@H]1O[C@@H](P(=O)(Oc2ccccc2)Oc2ccccc2)[C@@H](OCc2ccccc2)[C@H](OCc2ccccc2)[C@H]1OCc1ccccc1. The first-order valence-electron chi connectivity index (χ1n) is 16.5. The summed E-state index contributed by atoms with van der Waals surface area (Å²) in [6, 6.07) is 47.0. The number of ether oxygens (including phenoxy) is 5. The van der Waals surface area contributed by atoms with Crippen LogP contribution in [0.1, 0.15) is 16.7 Å². The average Bonchev–Trinajstić information content (AvgIpc) is 3.16. The highest BCUT2D eigenvalue weighted by Gasteiger charge is 2.58. The lowest BCUT2D eigenvalue weighted by atomic mass is 10.0. The maximum Gasteiger partial charge on any atom is 0.462 e. The lowest BCUT2D eigenvalue weighted by Gasteiger charge is -2.46. The van der Waals surface area contributed by atoms with Crippen LogP contribution in [-0.4, -0.2) is 37.1 Å². The second-order valence-electron chi connectivity index (χ2n) is 11.6. The van der Waals surface area contributed by atoms with Crippen molar-refractivity contribution in [3.63, 3.8) is 0 Å². The van der Waals surface area contributed by atoms with Crippen LogP contribution < -0.4 is 9.05 Å². The second kappa shape index (κ2) is 17.9. The van der Waals surface area contributed by atoms with Crippen molar-refractivity contribution in [3.8, 4) is 11.5 Å². The minimum absolute atomic E-state index is 0.132. The van der Waals surface area contributed by atoms with E-state index in [2.05, 4.69) is 6.58 Å². The largest absolute Gasteiger partial charge is 0.462 e. The van der Waals surface area contributed by atoms with E-state index in [9.17, 15) is 0 Å². The van der Waals surface area contributed by atoms with Gasteiger partial charge in [-0.1, -0.05) is 133 Å². The lowest BCUT2D eigenvalue weighted by molar-refractivity contribution is -0.308. The first kappa shape index (κ1) is 35.3. The number of hydrogen-bond acceptors (Lipinski definition) is 8. The molecule has 0 spiro atoms. The highest BCUT2D eigenvalue weighted by molar-refractivity contribution is 7.55. The third kappa shape index (κ3) is 9.58. The molecule has 0 radical (unpaired) electrons. The molecule has 50 heavy (non-hydrogen) atoms. The minimum atomic E-state index is -4.31. The molecule has 1 aliphatic heterocycles. The van der Waals surface area contributed by atoms with Crippen LogP contribution in [-0.2, 0) is 48.1 Å². The Bertz CT molecular complexity index is 1710. The Hall–Kier alpha value is -4.53. The maximum absolute atomic E-state index is 15.4. The quantitative estimate of drug-likeness (QED) is 0.0706. The van der Waals surface area contributed by atoms with E-state index in [1.165, 1.54) is 0 Å². The van der Waals surface area contributed by atoms with Gasteiger partial charge in [0.1, 0.15) is 29.8 Å². The number of para-hydroxylation sites is 2. The molecule has 1 fully saturated rings. The van der Waals surface area contributed by atoms with Gasteiger partial charge in [0.05, 0.1) is 26.4 Å². The normalized spacial score (nSPS) is 20.5. The Labute approximate surface area is 293 Å². The molecular formula is C41H41O8P. The maximum atomic E-state index is 15.4. The van der Waals surface area contributed by atoms with Crippen molar-refractivity contribution in [3.05, 3.63) is 181 Å². The summed E-state index contributed by atoms with van der Waals surface area (Å²) in [5, 5.41) is 0. The summed E-state index contributed by atoms with van der Waals surface area (Å²) in [7, 11) is -4.31. The predicted octanol–water partition coefficient (Wildman–Crippen LogP) is 8.98. The number of benzene rings is 5. The van der Waals surface area contributed by atoms with E-state index in [1.54, 1.807) is 54.6 Å². The van der Waals surface area contributed by atoms with E-state index < -0.39 is 38.0 Å². The highest BCUT2D eigenvalue weighted by atomic mass is 31.2. The molecule has 0 aliphatic carbocycles. The third-order valence-corrected chi connectivity index (χ3v) is 9.94. The molecule has 6 rings (SSSR count). The monoisotopic (exact) mass is 692 g/mol. The smallest absolute Gasteiger partial charge is 0.414 e. The summed E-state index contributed by atoms with van der Waals surface area (Å²) < 4.78 is 61.0. The summed E-state index contributed by atoms with van der Waals surface area (Å²) in [6.45, 7) is 4.58. The summed E-state index contributed by atoms with van der Waals surface area (Å²) in [5.74, 6) is -0.645. The summed E-state index contributed by atoms with van der Waals surface area (Å²) in [6.07, 6.45) is -2.14. The van der Waals surface area contributed by atoms with Crippen molar-refractivity contribution in [2.24, 2.45) is 0 Å². The lowest BCUT2D eigenvalue weighted by Crippen LogP contribution is -2.61. The number of hydrogen-bond donors (Lipinski definition) is 0. The first-order chi connectivity index (χ1) is 24.6. The molecule has 0 bridgehead atoms.